The zero-order valence-corrected chi connectivity index (χ0v) is 12.1. The highest BCUT2D eigenvalue weighted by Crippen LogP contribution is 2.13. The van der Waals surface area contributed by atoms with Crippen molar-refractivity contribution in [1.29, 1.82) is 5.26 Å². The predicted molar refractivity (Wildman–Crippen MR) is 78.4 cm³/mol. The second-order valence-corrected chi connectivity index (χ2v) is 4.61. The molecule has 1 rings (SSSR count). The fourth-order valence-electron chi connectivity index (χ4n) is 1.77. The van der Waals surface area contributed by atoms with Crippen molar-refractivity contribution < 1.29 is 9.53 Å². The van der Waals surface area contributed by atoms with Gasteiger partial charge in [0.25, 0.3) is 0 Å². The van der Waals surface area contributed by atoms with E-state index < -0.39 is 0 Å². The second-order valence-electron chi connectivity index (χ2n) is 4.61. The number of carbonyl (C=O) groups excluding carboxylic acids is 1. The minimum Gasteiger partial charge on any atom is -0.383 e. The summed E-state index contributed by atoms with van der Waals surface area (Å²) in [5, 5.41) is 11.7. The number of anilines is 1. The van der Waals surface area contributed by atoms with Gasteiger partial charge in [0.1, 0.15) is 6.07 Å². The van der Waals surface area contributed by atoms with Crippen molar-refractivity contribution in [3.05, 3.63) is 29.8 Å². The molecule has 1 aromatic carbocycles. The first kappa shape index (κ1) is 16.2. The molecular weight excluding hydrogens is 254 g/mol. The number of amides is 1. The van der Waals surface area contributed by atoms with Crippen molar-refractivity contribution in [3.63, 3.8) is 0 Å². The molecular formula is C15H21N3O2. The first-order valence-electron chi connectivity index (χ1n) is 6.64. The maximum absolute atomic E-state index is 11.8. The molecule has 5 heteroatoms. The molecule has 1 N–H and O–H groups in total. The summed E-state index contributed by atoms with van der Waals surface area (Å²) in [6.45, 7) is 2.39. The van der Waals surface area contributed by atoms with Crippen LogP contribution in [0.25, 0.3) is 0 Å². The first-order valence-corrected chi connectivity index (χ1v) is 6.64. The summed E-state index contributed by atoms with van der Waals surface area (Å²) in [7, 11) is 3.68. The van der Waals surface area contributed by atoms with Gasteiger partial charge in [-0.2, -0.15) is 5.26 Å². The average molecular weight is 275 g/mol. The molecule has 0 aliphatic heterocycles. The van der Waals surface area contributed by atoms with E-state index in [2.05, 4.69) is 16.3 Å². The van der Waals surface area contributed by atoms with Crippen LogP contribution in [0.3, 0.4) is 0 Å². The van der Waals surface area contributed by atoms with Crippen molar-refractivity contribution in [2.24, 2.45) is 0 Å². The van der Waals surface area contributed by atoms with Gasteiger partial charge in [0.2, 0.25) is 5.91 Å². The molecule has 0 aliphatic rings. The molecule has 0 spiro atoms. The van der Waals surface area contributed by atoms with Crippen molar-refractivity contribution in [2.75, 3.05) is 39.2 Å². The van der Waals surface area contributed by atoms with Crippen LogP contribution in [0.2, 0.25) is 0 Å². The summed E-state index contributed by atoms with van der Waals surface area (Å²) in [6.07, 6.45) is 1.22. The van der Waals surface area contributed by atoms with Crippen molar-refractivity contribution in [3.8, 4) is 6.07 Å². The number of benzene rings is 1. The molecule has 0 atom stereocenters. The predicted octanol–water partition coefficient (Wildman–Crippen LogP) is 1.86. The van der Waals surface area contributed by atoms with Gasteiger partial charge < -0.3 is 15.0 Å². The largest absolute Gasteiger partial charge is 0.383 e. The standard InChI is InChI=1S/C15H21N3O2/c1-18(10-11-20-2)9-5-8-15(19)17-14-7-4-3-6-13(14)12-16/h3-4,6-7H,5,8-11H2,1-2H3,(H,17,19). The van der Waals surface area contributed by atoms with Gasteiger partial charge in [0, 0.05) is 20.1 Å². The number of nitrogens with zero attached hydrogens (tertiary/aromatic N) is 2. The summed E-state index contributed by atoms with van der Waals surface area (Å²) < 4.78 is 4.99. The molecule has 0 bridgehead atoms. The highest BCUT2D eigenvalue weighted by Gasteiger charge is 2.06. The number of rotatable bonds is 8. The van der Waals surface area contributed by atoms with E-state index in [9.17, 15) is 4.79 Å². The van der Waals surface area contributed by atoms with E-state index in [1.165, 1.54) is 0 Å². The smallest absolute Gasteiger partial charge is 0.224 e. The van der Waals surface area contributed by atoms with Crippen molar-refractivity contribution >= 4 is 11.6 Å². The lowest BCUT2D eigenvalue weighted by atomic mass is 10.2. The number of ether oxygens (including phenoxy) is 1. The van der Waals surface area contributed by atoms with Gasteiger partial charge in [-0.25, -0.2) is 0 Å². The van der Waals surface area contributed by atoms with Crippen LogP contribution in [-0.4, -0.2) is 44.7 Å². The zero-order valence-electron chi connectivity index (χ0n) is 12.1. The molecule has 0 saturated carbocycles. The summed E-state index contributed by atoms with van der Waals surface area (Å²) in [5.41, 5.74) is 1.06. The van der Waals surface area contributed by atoms with Crippen LogP contribution in [0.4, 0.5) is 5.69 Å². The number of hydrogen-bond acceptors (Lipinski definition) is 4. The summed E-state index contributed by atoms with van der Waals surface area (Å²) in [6, 6.07) is 9.06. The molecule has 0 heterocycles. The van der Waals surface area contributed by atoms with E-state index in [0.717, 1.165) is 19.5 Å². The zero-order chi connectivity index (χ0) is 14.8. The highest BCUT2D eigenvalue weighted by molar-refractivity contribution is 5.92. The number of carbonyl (C=O) groups is 1. The van der Waals surface area contributed by atoms with Gasteiger partial charge >= 0.3 is 0 Å². The molecule has 0 fully saturated rings. The van der Waals surface area contributed by atoms with E-state index in [1.54, 1.807) is 31.4 Å². The van der Waals surface area contributed by atoms with Gasteiger partial charge in [-0.05, 0) is 32.1 Å². The number of hydrogen-bond donors (Lipinski definition) is 1. The minimum absolute atomic E-state index is 0.0622. The number of methoxy groups -OCH3 is 1. The number of likely N-dealkylation sites (N-methyl/N-ethyl adjacent to an activating group) is 1. The fourth-order valence-corrected chi connectivity index (χ4v) is 1.77. The van der Waals surface area contributed by atoms with Crippen LogP contribution < -0.4 is 5.32 Å². The Morgan fingerprint density at radius 3 is 2.85 bits per heavy atom. The van der Waals surface area contributed by atoms with E-state index >= 15 is 0 Å². The van der Waals surface area contributed by atoms with E-state index in [0.29, 0.717) is 24.3 Å². The Morgan fingerprint density at radius 2 is 2.15 bits per heavy atom. The molecule has 1 aromatic rings. The number of nitriles is 1. The van der Waals surface area contributed by atoms with E-state index in [1.807, 2.05) is 7.05 Å². The molecule has 0 unspecified atom stereocenters. The monoisotopic (exact) mass is 275 g/mol. The normalized spacial score (nSPS) is 10.3. The van der Waals surface area contributed by atoms with Crippen molar-refractivity contribution in [1.82, 2.24) is 4.90 Å². The van der Waals surface area contributed by atoms with E-state index in [-0.39, 0.29) is 5.91 Å². The molecule has 0 radical (unpaired) electrons. The quantitative estimate of drug-likeness (QED) is 0.786. The molecule has 20 heavy (non-hydrogen) atoms. The van der Waals surface area contributed by atoms with Gasteiger partial charge in [0.05, 0.1) is 17.9 Å². The molecule has 108 valence electrons. The van der Waals surface area contributed by atoms with E-state index in [4.69, 9.17) is 10.00 Å². The van der Waals surface area contributed by atoms with Crippen LogP contribution in [0.5, 0.6) is 0 Å². The Hall–Kier alpha value is -1.90. The van der Waals surface area contributed by atoms with Crippen LogP contribution in [0.15, 0.2) is 24.3 Å². The van der Waals surface area contributed by atoms with Crippen LogP contribution in [-0.2, 0) is 9.53 Å². The summed E-state index contributed by atoms with van der Waals surface area (Å²) >= 11 is 0. The topological polar surface area (TPSA) is 65.4 Å². The second kappa shape index (κ2) is 9.08. The third-order valence-corrected chi connectivity index (χ3v) is 2.94. The average Bonchev–Trinajstić information content (AvgIpc) is 2.45. The Balaban J connectivity index is 2.32. The molecule has 5 nitrogen and oxygen atoms in total. The van der Waals surface area contributed by atoms with Gasteiger partial charge in [0.15, 0.2) is 0 Å². The Labute approximate surface area is 120 Å². The van der Waals surface area contributed by atoms with Gasteiger partial charge in [-0.1, -0.05) is 12.1 Å². The Kier molecular flexibility index (Phi) is 7.33. The molecule has 0 saturated heterocycles. The molecule has 1 amide bonds. The third-order valence-electron chi connectivity index (χ3n) is 2.94. The van der Waals surface area contributed by atoms with Crippen LogP contribution in [0.1, 0.15) is 18.4 Å². The lowest BCUT2D eigenvalue weighted by molar-refractivity contribution is -0.116. The van der Waals surface area contributed by atoms with Crippen LogP contribution in [0, 0.1) is 11.3 Å². The number of para-hydroxylation sites is 1. The Morgan fingerprint density at radius 1 is 1.40 bits per heavy atom. The van der Waals surface area contributed by atoms with Gasteiger partial charge in [-0.15, -0.1) is 0 Å². The highest BCUT2D eigenvalue weighted by atomic mass is 16.5. The van der Waals surface area contributed by atoms with Crippen molar-refractivity contribution in [2.45, 2.75) is 12.8 Å². The third kappa shape index (κ3) is 5.83. The lowest BCUT2D eigenvalue weighted by Crippen LogP contribution is -2.25. The van der Waals surface area contributed by atoms with Crippen LogP contribution >= 0.6 is 0 Å². The summed E-state index contributed by atoms with van der Waals surface area (Å²) in [5.74, 6) is -0.0622. The SMILES string of the molecule is COCCN(C)CCCC(=O)Nc1ccccc1C#N. The number of nitrogens with one attached hydrogen (secondary N) is 1. The lowest BCUT2D eigenvalue weighted by Gasteiger charge is -2.15. The fraction of sp³-hybridized carbons (Fsp3) is 0.467. The summed E-state index contributed by atoms with van der Waals surface area (Å²) in [4.78, 5) is 13.9. The maximum Gasteiger partial charge on any atom is 0.224 e. The first-order chi connectivity index (χ1) is 9.67. The minimum atomic E-state index is -0.0622. The molecule has 0 aromatic heterocycles. The maximum atomic E-state index is 11.8. The molecule has 0 aliphatic carbocycles. The van der Waals surface area contributed by atoms with Gasteiger partial charge in [-0.3, -0.25) is 4.79 Å². The Bertz CT molecular complexity index is 468.